The number of rotatable bonds is 7. The minimum Gasteiger partial charge on any atom is -0.493 e. The first-order valence-corrected chi connectivity index (χ1v) is 8.06. The van der Waals surface area contributed by atoms with Gasteiger partial charge in [-0.2, -0.15) is 0 Å². The van der Waals surface area contributed by atoms with Crippen LogP contribution in [0, 0.1) is 0 Å². The lowest BCUT2D eigenvalue weighted by atomic mass is 10.1. The Balaban J connectivity index is 1.66. The first-order chi connectivity index (χ1) is 11.7. The molecule has 0 aliphatic carbocycles. The molecule has 1 atom stereocenters. The number of methoxy groups -OCH3 is 1. The third-order valence-electron chi connectivity index (χ3n) is 4.05. The van der Waals surface area contributed by atoms with Crippen molar-refractivity contribution < 1.29 is 18.6 Å². The molecule has 1 unspecified atom stereocenters. The fourth-order valence-electron chi connectivity index (χ4n) is 2.80. The van der Waals surface area contributed by atoms with Crippen LogP contribution in [0.1, 0.15) is 17.4 Å². The van der Waals surface area contributed by atoms with E-state index in [1.165, 1.54) is 0 Å². The van der Waals surface area contributed by atoms with Crippen molar-refractivity contribution >= 4 is 0 Å². The summed E-state index contributed by atoms with van der Waals surface area (Å²) in [6, 6.07) is 8.08. The largest absolute Gasteiger partial charge is 0.493 e. The summed E-state index contributed by atoms with van der Waals surface area (Å²) < 4.78 is 22.3. The first-order valence-electron chi connectivity index (χ1n) is 8.06. The van der Waals surface area contributed by atoms with Crippen molar-refractivity contribution in [3.8, 4) is 17.2 Å². The van der Waals surface area contributed by atoms with Crippen LogP contribution in [0.4, 0.5) is 0 Å². The SMILES string of the molecule is COc1cc(CNCC(c2ccco2)N(C)C)cc2c1OCCO2. The van der Waals surface area contributed by atoms with Crippen molar-refractivity contribution in [1.82, 2.24) is 10.2 Å². The maximum atomic E-state index is 5.68. The molecule has 2 aromatic rings. The second-order valence-corrected chi connectivity index (χ2v) is 5.95. The Kier molecular flexibility index (Phi) is 5.27. The normalized spacial score (nSPS) is 14.7. The smallest absolute Gasteiger partial charge is 0.203 e. The van der Waals surface area contributed by atoms with Gasteiger partial charge in [0.1, 0.15) is 19.0 Å². The summed E-state index contributed by atoms with van der Waals surface area (Å²) in [6.45, 7) is 2.60. The molecular formula is C18H24N2O4. The summed E-state index contributed by atoms with van der Waals surface area (Å²) in [4.78, 5) is 2.14. The standard InChI is InChI=1S/C18H24N2O4/c1-20(2)14(15-5-4-6-22-15)12-19-11-13-9-16(21-3)18-17(10-13)23-7-8-24-18/h4-6,9-10,14,19H,7-8,11-12H2,1-3H3. The van der Waals surface area contributed by atoms with Gasteiger partial charge in [0.25, 0.3) is 0 Å². The van der Waals surface area contributed by atoms with Gasteiger partial charge in [0.2, 0.25) is 5.75 Å². The zero-order valence-electron chi connectivity index (χ0n) is 14.4. The summed E-state index contributed by atoms with van der Waals surface area (Å²) in [6.07, 6.45) is 1.71. The van der Waals surface area contributed by atoms with Crippen LogP contribution in [0.25, 0.3) is 0 Å². The van der Waals surface area contributed by atoms with Gasteiger partial charge in [0.05, 0.1) is 19.4 Å². The highest BCUT2D eigenvalue weighted by Crippen LogP contribution is 2.40. The second-order valence-electron chi connectivity index (χ2n) is 5.95. The molecule has 1 aromatic carbocycles. The van der Waals surface area contributed by atoms with Gasteiger partial charge in [0, 0.05) is 13.1 Å². The van der Waals surface area contributed by atoms with Gasteiger partial charge in [-0.05, 0) is 43.9 Å². The second kappa shape index (κ2) is 7.59. The predicted octanol–water partition coefficient (Wildman–Crippen LogP) is 2.45. The Bertz CT molecular complexity index is 638. The van der Waals surface area contributed by atoms with E-state index in [0.717, 1.165) is 23.6 Å². The first kappa shape index (κ1) is 16.7. The van der Waals surface area contributed by atoms with E-state index in [2.05, 4.69) is 10.2 Å². The van der Waals surface area contributed by atoms with Gasteiger partial charge in [-0.25, -0.2) is 0 Å². The maximum absolute atomic E-state index is 5.68. The molecular weight excluding hydrogens is 308 g/mol. The monoisotopic (exact) mass is 332 g/mol. The quantitative estimate of drug-likeness (QED) is 0.840. The van der Waals surface area contributed by atoms with Crippen molar-refractivity contribution in [2.45, 2.75) is 12.6 Å². The van der Waals surface area contributed by atoms with Crippen LogP contribution in [0.5, 0.6) is 17.2 Å². The Hall–Kier alpha value is -2.18. The Morgan fingerprint density at radius 2 is 2.08 bits per heavy atom. The van der Waals surface area contributed by atoms with Crippen LogP contribution in [-0.2, 0) is 6.54 Å². The molecule has 6 heteroatoms. The molecule has 0 saturated heterocycles. The van der Waals surface area contributed by atoms with Crippen LogP contribution >= 0.6 is 0 Å². The fraction of sp³-hybridized carbons (Fsp3) is 0.444. The van der Waals surface area contributed by atoms with Crippen molar-refractivity contribution in [2.75, 3.05) is 41.0 Å². The molecule has 1 N–H and O–H groups in total. The molecule has 0 bridgehead atoms. The van der Waals surface area contributed by atoms with Crippen molar-refractivity contribution in [3.05, 3.63) is 41.9 Å². The van der Waals surface area contributed by atoms with Gasteiger partial charge < -0.3 is 23.9 Å². The van der Waals surface area contributed by atoms with Gasteiger partial charge >= 0.3 is 0 Å². The molecule has 6 nitrogen and oxygen atoms in total. The lowest BCUT2D eigenvalue weighted by molar-refractivity contribution is 0.165. The highest BCUT2D eigenvalue weighted by molar-refractivity contribution is 5.54. The lowest BCUT2D eigenvalue weighted by Crippen LogP contribution is -2.30. The molecule has 1 aliphatic rings. The minimum absolute atomic E-state index is 0.180. The van der Waals surface area contributed by atoms with E-state index in [-0.39, 0.29) is 6.04 Å². The number of nitrogens with zero attached hydrogens (tertiary/aromatic N) is 1. The molecule has 0 saturated carbocycles. The van der Waals surface area contributed by atoms with Gasteiger partial charge in [-0.3, -0.25) is 4.90 Å². The molecule has 130 valence electrons. The van der Waals surface area contributed by atoms with Crippen LogP contribution in [0.3, 0.4) is 0 Å². The number of fused-ring (bicyclic) bond motifs is 1. The predicted molar refractivity (Wildman–Crippen MR) is 90.8 cm³/mol. The van der Waals surface area contributed by atoms with Crippen molar-refractivity contribution in [1.29, 1.82) is 0 Å². The van der Waals surface area contributed by atoms with Crippen LogP contribution in [-0.4, -0.2) is 45.9 Å². The molecule has 1 aliphatic heterocycles. The number of benzene rings is 1. The Morgan fingerprint density at radius 3 is 2.79 bits per heavy atom. The van der Waals surface area contributed by atoms with E-state index in [1.54, 1.807) is 13.4 Å². The van der Waals surface area contributed by atoms with E-state index in [0.29, 0.717) is 31.3 Å². The number of nitrogens with one attached hydrogen (secondary N) is 1. The third kappa shape index (κ3) is 3.66. The summed E-state index contributed by atoms with van der Waals surface area (Å²) >= 11 is 0. The molecule has 0 fully saturated rings. The minimum atomic E-state index is 0.180. The summed E-state index contributed by atoms with van der Waals surface area (Å²) in [5.74, 6) is 3.09. The van der Waals surface area contributed by atoms with E-state index in [1.807, 2.05) is 38.4 Å². The summed E-state index contributed by atoms with van der Waals surface area (Å²) in [7, 11) is 5.73. The highest BCUT2D eigenvalue weighted by atomic mass is 16.6. The fourth-order valence-corrected chi connectivity index (χ4v) is 2.80. The van der Waals surface area contributed by atoms with Crippen LogP contribution < -0.4 is 19.5 Å². The molecule has 0 amide bonds. The molecule has 0 spiro atoms. The zero-order valence-corrected chi connectivity index (χ0v) is 14.4. The van der Waals surface area contributed by atoms with Crippen molar-refractivity contribution in [3.63, 3.8) is 0 Å². The van der Waals surface area contributed by atoms with E-state index in [4.69, 9.17) is 18.6 Å². The van der Waals surface area contributed by atoms with Crippen molar-refractivity contribution in [2.24, 2.45) is 0 Å². The molecule has 1 aromatic heterocycles. The van der Waals surface area contributed by atoms with Gasteiger partial charge in [-0.1, -0.05) is 0 Å². The van der Waals surface area contributed by atoms with E-state index >= 15 is 0 Å². The summed E-state index contributed by atoms with van der Waals surface area (Å²) in [5.41, 5.74) is 1.09. The van der Waals surface area contributed by atoms with Crippen LogP contribution in [0.2, 0.25) is 0 Å². The molecule has 0 radical (unpaired) electrons. The molecule has 2 heterocycles. The number of ether oxygens (including phenoxy) is 3. The molecule has 24 heavy (non-hydrogen) atoms. The van der Waals surface area contributed by atoms with E-state index < -0.39 is 0 Å². The topological polar surface area (TPSA) is 56.1 Å². The summed E-state index contributed by atoms with van der Waals surface area (Å²) in [5, 5.41) is 3.48. The number of furan rings is 1. The highest BCUT2D eigenvalue weighted by Gasteiger charge is 2.19. The third-order valence-corrected chi connectivity index (χ3v) is 4.05. The van der Waals surface area contributed by atoms with E-state index in [9.17, 15) is 0 Å². The number of hydrogen-bond donors (Lipinski definition) is 1. The zero-order chi connectivity index (χ0) is 16.9. The Morgan fingerprint density at radius 1 is 1.25 bits per heavy atom. The van der Waals surface area contributed by atoms with Gasteiger partial charge in [0.15, 0.2) is 11.5 Å². The number of hydrogen-bond acceptors (Lipinski definition) is 6. The average molecular weight is 332 g/mol. The maximum Gasteiger partial charge on any atom is 0.203 e. The Labute approximate surface area is 142 Å². The van der Waals surface area contributed by atoms with Crippen LogP contribution in [0.15, 0.2) is 34.9 Å². The average Bonchev–Trinajstić information content (AvgIpc) is 3.11. The van der Waals surface area contributed by atoms with Gasteiger partial charge in [-0.15, -0.1) is 0 Å². The number of likely N-dealkylation sites (N-methyl/N-ethyl adjacent to an activating group) is 1. The lowest BCUT2D eigenvalue weighted by Gasteiger charge is -2.24. The molecule has 3 rings (SSSR count).